The van der Waals surface area contributed by atoms with Gasteiger partial charge < -0.3 is 0 Å². The molecule has 1 aromatic carbocycles. The van der Waals surface area contributed by atoms with E-state index in [0.717, 1.165) is 6.20 Å². The SMILES string of the molecule is CCNS(=O)(=O)c1ccc(-c2cc3c(cn2)C2N=NC=C2C(=O)N3CC(F)(F)F)cc1. The number of aromatic nitrogens is 1. The zero-order valence-electron chi connectivity index (χ0n) is 16.1. The van der Waals surface area contributed by atoms with Crippen molar-refractivity contribution in [3.8, 4) is 11.3 Å². The van der Waals surface area contributed by atoms with E-state index in [4.69, 9.17) is 0 Å². The fourth-order valence-electron chi connectivity index (χ4n) is 3.43. The van der Waals surface area contributed by atoms with Gasteiger partial charge in [-0.25, -0.2) is 13.1 Å². The van der Waals surface area contributed by atoms with Crippen LogP contribution in [0.25, 0.3) is 11.3 Å². The number of alkyl halides is 3. The van der Waals surface area contributed by atoms with Gasteiger partial charge in [-0.05, 0) is 18.2 Å². The van der Waals surface area contributed by atoms with Crippen molar-refractivity contribution in [1.82, 2.24) is 9.71 Å². The Labute approximate surface area is 175 Å². The van der Waals surface area contributed by atoms with E-state index >= 15 is 0 Å². The third kappa shape index (κ3) is 3.95. The summed E-state index contributed by atoms with van der Waals surface area (Å²) in [7, 11) is -3.65. The lowest BCUT2D eigenvalue weighted by Crippen LogP contribution is -2.43. The van der Waals surface area contributed by atoms with Crippen LogP contribution in [-0.4, -0.2) is 38.6 Å². The molecule has 1 aromatic heterocycles. The molecule has 12 heteroatoms. The Bertz CT molecular complexity index is 1210. The number of sulfonamides is 1. The Hall–Kier alpha value is -3.12. The maximum absolute atomic E-state index is 13.2. The number of fused-ring (bicyclic) bond motifs is 3. The van der Waals surface area contributed by atoms with Gasteiger partial charge in [-0.1, -0.05) is 19.1 Å². The molecule has 1 N–H and O–H groups in total. The van der Waals surface area contributed by atoms with E-state index in [-0.39, 0.29) is 28.4 Å². The Balaban J connectivity index is 1.75. The highest BCUT2D eigenvalue weighted by Crippen LogP contribution is 2.44. The smallest absolute Gasteiger partial charge is 0.299 e. The van der Waals surface area contributed by atoms with Crippen LogP contribution >= 0.6 is 0 Å². The minimum atomic E-state index is -4.61. The highest BCUT2D eigenvalue weighted by molar-refractivity contribution is 7.89. The number of amides is 1. The molecule has 1 amide bonds. The third-order valence-corrected chi connectivity index (χ3v) is 6.36. The Kier molecular flexibility index (Phi) is 5.13. The van der Waals surface area contributed by atoms with Crippen molar-refractivity contribution in [2.45, 2.75) is 24.0 Å². The average Bonchev–Trinajstić information content (AvgIpc) is 3.20. The van der Waals surface area contributed by atoms with E-state index in [9.17, 15) is 26.4 Å². The van der Waals surface area contributed by atoms with Crippen molar-refractivity contribution in [3.05, 3.63) is 53.9 Å². The zero-order chi connectivity index (χ0) is 22.4. The van der Waals surface area contributed by atoms with Gasteiger partial charge in [-0.15, -0.1) is 0 Å². The Morgan fingerprint density at radius 1 is 1.19 bits per heavy atom. The van der Waals surface area contributed by atoms with E-state index in [0.29, 0.717) is 16.0 Å². The van der Waals surface area contributed by atoms with Gasteiger partial charge in [0.1, 0.15) is 12.6 Å². The molecule has 0 fully saturated rings. The van der Waals surface area contributed by atoms with Crippen LogP contribution in [0.15, 0.2) is 63.4 Å². The second kappa shape index (κ2) is 7.54. The van der Waals surface area contributed by atoms with Crippen LogP contribution in [0.4, 0.5) is 18.9 Å². The second-order valence-electron chi connectivity index (χ2n) is 6.88. The molecule has 0 bridgehead atoms. The van der Waals surface area contributed by atoms with E-state index in [1.807, 2.05) is 0 Å². The minimum Gasteiger partial charge on any atom is -0.299 e. The van der Waals surface area contributed by atoms with E-state index in [1.165, 1.54) is 36.5 Å². The van der Waals surface area contributed by atoms with Crippen molar-refractivity contribution in [1.29, 1.82) is 0 Å². The van der Waals surface area contributed by atoms with Crippen LogP contribution in [-0.2, 0) is 14.8 Å². The number of nitrogens with zero attached hydrogens (tertiary/aromatic N) is 4. The fourth-order valence-corrected chi connectivity index (χ4v) is 4.48. The predicted octanol–water partition coefficient (Wildman–Crippen LogP) is 3.35. The number of carbonyl (C=O) groups excluding carboxylic acids is 1. The molecular weight excluding hydrogens is 435 g/mol. The Morgan fingerprint density at radius 2 is 1.90 bits per heavy atom. The molecule has 1 unspecified atom stereocenters. The maximum Gasteiger partial charge on any atom is 0.406 e. The van der Waals surface area contributed by atoms with Crippen molar-refractivity contribution in [2.24, 2.45) is 10.2 Å². The zero-order valence-corrected chi connectivity index (χ0v) is 16.9. The van der Waals surface area contributed by atoms with Gasteiger partial charge in [0.15, 0.2) is 0 Å². The van der Waals surface area contributed by atoms with Gasteiger partial charge in [0, 0.05) is 23.9 Å². The first-order chi connectivity index (χ1) is 14.6. The third-order valence-electron chi connectivity index (χ3n) is 4.80. The number of hydrogen-bond donors (Lipinski definition) is 1. The van der Waals surface area contributed by atoms with Gasteiger partial charge >= 0.3 is 6.18 Å². The van der Waals surface area contributed by atoms with Gasteiger partial charge in [0.25, 0.3) is 5.91 Å². The summed E-state index contributed by atoms with van der Waals surface area (Å²) >= 11 is 0. The van der Waals surface area contributed by atoms with Crippen LogP contribution in [0.2, 0.25) is 0 Å². The molecule has 1 atom stereocenters. The molecule has 0 radical (unpaired) electrons. The highest BCUT2D eigenvalue weighted by Gasteiger charge is 2.43. The summed E-state index contributed by atoms with van der Waals surface area (Å²) in [5.74, 6) is -0.816. The van der Waals surface area contributed by atoms with Gasteiger partial charge in [-0.2, -0.15) is 23.4 Å². The lowest BCUT2D eigenvalue weighted by atomic mass is 9.93. The summed E-state index contributed by atoms with van der Waals surface area (Å²) in [6.45, 7) is 0.419. The van der Waals surface area contributed by atoms with E-state index < -0.39 is 34.7 Å². The first-order valence-electron chi connectivity index (χ1n) is 9.19. The molecule has 0 spiro atoms. The highest BCUT2D eigenvalue weighted by atomic mass is 32.2. The fraction of sp³-hybridized carbons (Fsp3) is 0.263. The predicted molar refractivity (Wildman–Crippen MR) is 105 cm³/mol. The summed E-state index contributed by atoms with van der Waals surface area (Å²) in [6.07, 6.45) is -2.08. The molecule has 0 saturated carbocycles. The lowest BCUT2D eigenvalue weighted by Gasteiger charge is -2.32. The standard InChI is InChI=1S/C19H16F3N5O3S/c1-2-25-31(29,30)12-5-3-11(4-6-12)15-7-16-13(8-23-15)17-14(9-24-26-17)18(28)27(16)10-19(20,21)22/h3-9,17,25H,2,10H2,1H3. The topological polar surface area (TPSA) is 104 Å². The average molecular weight is 451 g/mol. The molecule has 2 aliphatic rings. The summed E-state index contributed by atoms with van der Waals surface area (Å²) in [6, 6.07) is 6.33. The van der Waals surface area contributed by atoms with E-state index in [1.54, 1.807) is 6.92 Å². The van der Waals surface area contributed by atoms with Crippen LogP contribution < -0.4 is 9.62 Å². The molecular formula is C19H16F3N5O3S. The minimum absolute atomic E-state index is 0.0414. The van der Waals surface area contributed by atoms with Crippen molar-refractivity contribution in [2.75, 3.05) is 18.0 Å². The number of azo groups is 1. The number of hydrogen-bond acceptors (Lipinski definition) is 6. The molecule has 8 nitrogen and oxygen atoms in total. The number of pyridine rings is 1. The molecule has 3 heterocycles. The van der Waals surface area contributed by atoms with Crippen LogP contribution in [0.5, 0.6) is 0 Å². The first-order valence-corrected chi connectivity index (χ1v) is 10.7. The number of carbonyl (C=O) groups is 1. The summed E-state index contributed by atoms with van der Waals surface area (Å²) in [4.78, 5) is 17.6. The number of halogens is 3. The number of rotatable bonds is 5. The van der Waals surface area contributed by atoms with Gasteiger partial charge in [0.2, 0.25) is 10.0 Å². The molecule has 31 heavy (non-hydrogen) atoms. The quantitative estimate of drug-likeness (QED) is 0.753. The normalized spacial score (nSPS) is 18.1. The largest absolute Gasteiger partial charge is 0.406 e. The first kappa shape index (κ1) is 21.1. The molecule has 2 aliphatic heterocycles. The van der Waals surface area contributed by atoms with Crippen LogP contribution in [0, 0.1) is 0 Å². The molecule has 0 saturated heterocycles. The maximum atomic E-state index is 13.2. The number of nitrogens with one attached hydrogen (secondary N) is 1. The molecule has 4 rings (SSSR count). The van der Waals surface area contributed by atoms with Crippen LogP contribution in [0.3, 0.4) is 0 Å². The molecule has 162 valence electrons. The van der Waals surface area contributed by atoms with Crippen molar-refractivity contribution >= 4 is 21.6 Å². The summed E-state index contributed by atoms with van der Waals surface area (Å²) < 4.78 is 66.0. The van der Waals surface area contributed by atoms with E-state index in [2.05, 4.69) is 19.9 Å². The number of anilines is 1. The summed E-state index contributed by atoms with van der Waals surface area (Å²) in [5.41, 5.74) is 1.20. The Morgan fingerprint density at radius 3 is 2.55 bits per heavy atom. The number of benzene rings is 1. The molecule has 0 aliphatic carbocycles. The van der Waals surface area contributed by atoms with Gasteiger partial charge in [-0.3, -0.25) is 14.7 Å². The van der Waals surface area contributed by atoms with Gasteiger partial charge in [0.05, 0.1) is 28.0 Å². The van der Waals surface area contributed by atoms with Crippen LogP contribution in [0.1, 0.15) is 18.5 Å². The van der Waals surface area contributed by atoms with Crippen molar-refractivity contribution < 1.29 is 26.4 Å². The second-order valence-corrected chi connectivity index (χ2v) is 8.65. The monoisotopic (exact) mass is 451 g/mol. The van der Waals surface area contributed by atoms with Crippen molar-refractivity contribution in [3.63, 3.8) is 0 Å². The molecule has 2 aromatic rings. The lowest BCUT2D eigenvalue weighted by molar-refractivity contribution is -0.130. The summed E-state index contributed by atoms with van der Waals surface area (Å²) in [5, 5.41) is 7.61.